The summed E-state index contributed by atoms with van der Waals surface area (Å²) in [5.41, 5.74) is -1.04. The van der Waals surface area contributed by atoms with E-state index >= 15 is 0 Å². The topological polar surface area (TPSA) is 49.8 Å². The Kier molecular flexibility index (Phi) is 4.05. The molecule has 19 heavy (non-hydrogen) atoms. The monoisotopic (exact) mass is 269 g/mol. The van der Waals surface area contributed by atoms with E-state index in [0.29, 0.717) is 5.92 Å². The van der Waals surface area contributed by atoms with Gasteiger partial charge in [0.1, 0.15) is 5.60 Å². The molecule has 2 heterocycles. The van der Waals surface area contributed by atoms with Crippen LogP contribution >= 0.6 is 0 Å². The highest BCUT2D eigenvalue weighted by atomic mass is 16.5. The summed E-state index contributed by atoms with van der Waals surface area (Å²) in [7, 11) is 0. The number of piperidine rings is 1. The number of carbonyl (C=O) groups excluding carboxylic acids is 1. The number of ketones is 1. The molecule has 0 saturated carbocycles. The second-order valence-electron chi connectivity index (χ2n) is 7.06. The molecule has 0 aliphatic carbocycles. The predicted octanol–water partition coefficient (Wildman–Crippen LogP) is 1.46. The molecule has 2 saturated heterocycles. The predicted molar refractivity (Wildman–Crippen MR) is 74.0 cm³/mol. The number of rotatable bonds is 3. The molecule has 0 radical (unpaired) electrons. The van der Waals surface area contributed by atoms with Gasteiger partial charge in [0.2, 0.25) is 0 Å². The molecular formula is C15H27NO3. The summed E-state index contributed by atoms with van der Waals surface area (Å²) in [6.45, 7) is 10.8. The Morgan fingerprint density at radius 3 is 2.26 bits per heavy atom. The Bertz CT molecular complexity index is 343. The van der Waals surface area contributed by atoms with Crippen LogP contribution in [0.5, 0.6) is 0 Å². The maximum Gasteiger partial charge on any atom is 0.171 e. The van der Waals surface area contributed by atoms with Crippen LogP contribution in [0.4, 0.5) is 0 Å². The first kappa shape index (κ1) is 14.9. The molecule has 0 spiro atoms. The Labute approximate surface area is 116 Å². The lowest BCUT2D eigenvalue weighted by atomic mass is 9.85. The van der Waals surface area contributed by atoms with Crippen LogP contribution in [0.1, 0.15) is 40.5 Å². The Morgan fingerprint density at radius 2 is 1.84 bits per heavy atom. The van der Waals surface area contributed by atoms with Crippen molar-refractivity contribution in [2.45, 2.75) is 51.7 Å². The maximum absolute atomic E-state index is 12.4. The van der Waals surface area contributed by atoms with Crippen LogP contribution in [0.15, 0.2) is 0 Å². The number of Topliss-reactive ketones (excluding diaryl/α,β-unsaturated/α-hetero) is 1. The first-order chi connectivity index (χ1) is 8.76. The molecule has 2 rings (SSSR count). The molecule has 0 aromatic heterocycles. The van der Waals surface area contributed by atoms with Gasteiger partial charge in [0.05, 0.1) is 11.5 Å². The van der Waals surface area contributed by atoms with Crippen LogP contribution in [0.25, 0.3) is 0 Å². The van der Waals surface area contributed by atoms with Gasteiger partial charge in [-0.2, -0.15) is 0 Å². The zero-order valence-electron chi connectivity index (χ0n) is 12.6. The highest BCUT2D eigenvalue weighted by Crippen LogP contribution is 2.39. The Hall–Kier alpha value is -0.450. The first-order valence-corrected chi connectivity index (χ1v) is 7.34. The number of likely N-dealkylation sites (tertiary alicyclic amines) is 1. The molecule has 4 nitrogen and oxygen atoms in total. The van der Waals surface area contributed by atoms with Crippen molar-refractivity contribution >= 4 is 5.78 Å². The van der Waals surface area contributed by atoms with E-state index in [0.717, 1.165) is 32.5 Å². The number of aliphatic hydroxyl groups excluding tert-OH is 1. The standard InChI is InChI=1S/C15H27NO3/c1-14(2)12(13(18)15(3,4)19-14)9-16-7-5-11(10-17)6-8-16/h11-12,17H,5-10H2,1-4H3. The summed E-state index contributed by atoms with van der Waals surface area (Å²) < 4.78 is 5.93. The van der Waals surface area contributed by atoms with Gasteiger partial charge in [0, 0.05) is 13.2 Å². The van der Waals surface area contributed by atoms with Crippen molar-refractivity contribution in [1.82, 2.24) is 4.90 Å². The third-order valence-corrected chi connectivity index (χ3v) is 4.67. The molecule has 2 aliphatic heterocycles. The summed E-state index contributed by atoms with van der Waals surface area (Å²) in [4.78, 5) is 14.8. The van der Waals surface area contributed by atoms with E-state index in [1.807, 2.05) is 27.7 Å². The average molecular weight is 269 g/mol. The van der Waals surface area contributed by atoms with E-state index < -0.39 is 5.60 Å². The summed E-state index contributed by atoms with van der Waals surface area (Å²) in [6, 6.07) is 0. The number of aliphatic hydroxyl groups is 1. The van der Waals surface area contributed by atoms with Crippen molar-refractivity contribution in [3.63, 3.8) is 0 Å². The summed E-state index contributed by atoms with van der Waals surface area (Å²) >= 11 is 0. The minimum absolute atomic E-state index is 0.0480. The number of hydrogen-bond acceptors (Lipinski definition) is 4. The van der Waals surface area contributed by atoms with Gasteiger partial charge in [-0.3, -0.25) is 4.79 Å². The molecule has 2 fully saturated rings. The molecule has 1 unspecified atom stereocenters. The van der Waals surface area contributed by atoms with Crippen LogP contribution in [0, 0.1) is 11.8 Å². The highest BCUT2D eigenvalue weighted by molar-refractivity contribution is 5.91. The van der Waals surface area contributed by atoms with Gasteiger partial charge in [0.15, 0.2) is 5.78 Å². The van der Waals surface area contributed by atoms with Crippen molar-refractivity contribution < 1.29 is 14.6 Å². The largest absolute Gasteiger partial charge is 0.396 e. The quantitative estimate of drug-likeness (QED) is 0.843. The Balaban J connectivity index is 1.97. The van der Waals surface area contributed by atoms with Crippen molar-refractivity contribution in [3.8, 4) is 0 Å². The highest BCUT2D eigenvalue weighted by Gasteiger charge is 2.53. The van der Waals surface area contributed by atoms with Crippen molar-refractivity contribution in [3.05, 3.63) is 0 Å². The molecule has 0 aromatic rings. The summed E-state index contributed by atoms with van der Waals surface area (Å²) in [5.74, 6) is 0.617. The van der Waals surface area contributed by atoms with Crippen LogP contribution < -0.4 is 0 Å². The molecule has 1 atom stereocenters. The molecule has 0 aromatic carbocycles. The molecule has 110 valence electrons. The lowest BCUT2D eigenvalue weighted by Crippen LogP contribution is -2.44. The van der Waals surface area contributed by atoms with Gasteiger partial charge in [0.25, 0.3) is 0 Å². The van der Waals surface area contributed by atoms with Crippen molar-refractivity contribution in [1.29, 1.82) is 0 Å². The Morgan fingerprint density at radius 1 is 1.26 bits per heavy atom. The zero-order valence-corrected chi connectivity index (χ0v) is 12.6. The summed E-state index contributed by atoms with van der Waals surface area (Å²) in [6.07, 6.45) is 2.06. The third kappa shape index (κ3) is 3.01. The number of nitrogens with zero attached hydrogens (tertiary/aromatic N) is 1. The molecule has 0 bridgehead atoms. The van der Waals surface area contributed by atoms with E-state index in [1.54, 1.807) is 0 Å². The molecule has 1 N–H and O–H groups in total. The van der Waals surface area contributed by atoms with Crippen LogP contribution in [0.3, 0.4) is 0 Å². The van der Waals surface area contributed by atoms with Crippen molar-refractivity contribution in [2.24, 2.45) is 11.8 Å². The van der Waals surface area contributed by atoms with Crippen molar-refractivity contribution in [2.75, 3.05) is 26.2 Å². The lowest BCUT2D eigenvalue weighted by Gasteiger charge is -2.35. The minimum Gasteiger partial charge on any atom is -0.396 e. The van der Waals surface area contributed by atoms with E-state index in [9.17, 15) is 4.79 Å². The summed E-state index contributed by atoms with van der Waals surface area (Å²) in [5, 5.41) is 9.16. The number of hydrogen-bond donors (Lipinski definition) is 1. The van der Waals surface area contributed by atoms with E-state index in [-0.39, 0.29) is 23.9 Å². The fourth-order valence-corrected chi connectivity index (χ4v) is 3.43. The van der Waals surface area contributed by atoms with E-state index in [4.69, 9.17) is 9.84 Å². The molecular weight excluding hydrogens is 242 g/mol. The maximum atomic E-state index is 12.4. The molecule has 0 amide bonds. The number of ether oxygens (including phenoxy) is 1. The zero-order chi connectivity index (χ0) is 14.3. The van der Waals surface area contributed by atoms with Crippen LogP contribution in [-0.2, 0) is 9.53 Å². The van der Waals surface area contributed by atoms with Crippen LogP contribution in [-0.4, -0.2) is 53.2 Å². The van der Waals surface area contributed by atoms with Gasteiger partial charge in [-0.05, 0) is 59.5 Å². The molecule has 2 aliphatic rings. The molecule has 4 heteroatoms. The van der Waals surface area contributed by atoms with E-state index in [2.05, 4.69) is 4.90 Å². The third-order valence-electron chi connectivity index (χ3n) is 4.67. The van der Waals surface area contributed by atoms with Crippen LogP contribution in [0.2, 0.25) is 0 Å². The normalized spacial score (nSPS) is 31.8. The smallest absolute Gasteiger partial charge is 0.171 e. The lowest BCUT2D eigenvalue weighted by molar-refractivity contribution is -0.132. The number of carbonyl (C=O) groups is 1. The van der Waals surface area contributed by atoms with Gasteiger partial charge in [-0.1, -0.05) is 0 Å². The fourth-order valence-electron chi connectivity index (χ4n) is 3.43. The van der Waals surface area contributed by atoms with E-state index in [1.165, 1.54) is 0 Å². The second kappa shape index (κ2) is 5.15. The fraction of sp³-hybridized carbons (Fsp3) is 0.933. The van der Waals surface area contributed by atoms with Gasteiger partial charge < -0.3 is 14.7 Å². The van der Waals surface area contributed by atoms with Gasteiger partial charge >= 0.3 is 0 Å². The second-order valence-corrected chi connectivity index (χ2v) is 7.06. The van der Waals surface area contributed by atoms with Gasteiger partial charge in [-0.25, -0.2) is 0 Å². The minimum atomic E-state index is -0.655. The average Bonchev–Trinajstić information content (AvgIpc) is 2.48. The first-order valence-electron chi connectivity index (χ1n) is 7.34. The SMILES string of the molecule is CC1(C)OC(C)(C)C(CN2CCC(CO)CC2)C1=O. The van der Waals surface area contributed by atoms with Gasteiger partial charge in [-0.15, -0.1) is 0 Å².